The van der Waals surface area contributed by atoms with E-state index < -0.39 is 0 Å². The molecule has 0 bridgehead atoms. The number of nitriles is 1. The maximum absolute atomic E-state index is 8.52. The lowest BCUT2D eigenvalue weighted by Crippen LogP contribution is -2.25. The van der Waals surface area contributed by atoms with Crippen molar-refractivity contribution in [1.29, 1.82) is 5.26 Å². The smallest absolute Gasteiger partial charge is 0.119 e. The van der Waals surface area contributed by atoms with Crippen LogP contribution in [0.2, 0.25) is 0 Å². The SMILES string of the molecule is CCCNC1CCCc2ccc(OCCCC#N)cc21. The molecule has 0 amide bonds. The van der Waals surface area contributed by atoms with Gasteiger partial charge in [0.1, 0.15) is 5.75 Å². The molecule has 0 aliphatic heterocycles. The highest BCUT2D eigenvalue weighted by Gasteiger charge is 2.19. The van der Waals surface area contributed by atoms with Crippen LogP contribution < -0.4 is 10.1 Å². The van der Waals surface area contributed by atoms with E-state index in [1.54, 1.807) is 0 Å². The highest BCUT2D eigenvalue weighted by molar-refractivity contribution is 5.39. The van der Waals surface area contributed by atoms with Crippen LogP contribution in [0.5, 0.6) is 5.75 Å². The number of rotatable bonds is 7. The second-order valence-electron chi connectivity index (χ2n) is 5.37. The second-order valence-corrected chi connectivity index (χ2v) is 5.37. The first-order valence-corrected chi connectivity index (χ1v) is 7.71. The third-order valence-electron chi connectivity index (χ3n) is 3.77. The highest BCUT2D eigenvalue weighted by Crippen LogP contribution is 2.32. The molecular weight excluding hydrogens is 248 g/mol. The summed E-state index contributed by atoms with van der Waals surface area (Å²) in [6, 6.07) is 9.07. The number of benzene rings is 1. The number of unbranched alkanes of at least 4 members (excludes halogenated alkanes) is 1. The third-order valence-corrected chi connectivity index (χ3v) is 3.77. The first kappa shape index (κ1) is 14.9. The van der Waals surface area contributed by atoms with Gasteiger partial charge in [0.2, 0.25) is 0 Å². The topological polar surface area (TPSA) is 45.0 Å². The van der Waals surface area contributed by atoms with Crippen LogP contribution in [-0.2, 0) is 6.42 Å². The Kier molecular flexibility index (Phi) is 5.88. The molecule has 0 aromatic heterocycles. The lowest BCUT2D eigenvalue weighted by atomic mass is 9.87. The number of hydrogen-bond donors (Lipinski definition) is 1. The van der Waals surface area contributed by atoms with Crippen LogP contribution in [-0.4, -0.2) is 13.2 Å². The molecule has 20 heavy (non-hydrogen) atoms. The lowest BCUT2D eigenvalue weighted by molar-refractivity contribution is 0.311. The van der Waals surface area contributed by atoms with Crippen molar-refractivity contribution in [2.24, 2.45) is 0 Å². The molecule has 1 aliphatic rings. The van der Waals surface area contributed by atoms with Crippen molar-refractivity contribution < 1.29 is 4.74 Å². The van der Waals surface area contributed by atoms with Gasteiger partial charge in [-0.25, -0.2) is 0 Å². The summed E-state index contributed by atoms with van der Waals surface area (Å²) in [5.41, 5.74) is 2.86. The Balaban J connectivity index is 2.01. The molecule has 3 heteroatoms. The van der Waals surface area contributed by atoms with Crippen LogP contribution >= 0.6 is 0 Å². The monoisotopic (exact) mass is 272 g/mol. The third kappa shape index (κ3) is 3.98. The summed E-state index contributed by atoms with van der Waals surface area (Å²) in [6.45, 7) is 3.89. The van der Waals surface area contributed by atoms with Crippen molar-refractivity contribution in [3.63, 3.8) is 0 Å². The van der Waals surface area contributed by atoms with Crippen LogP contribution in [0.15, 0.2) is 18.2 Å². The van der Waals surface area contributed by atoms with Crippen molar-refractivity contribution in [1.82, 2.24) is 5.32 Å². The first-order valence-electron chi connectivity index (χ1n) is 7.71. The van der Waals surface area contributed by atoms with Crippen LogP contribution in [0.3, 0.4) is 0 Å². The molecule has 0 saturated heterocycles. The Morgan fingerprint density at radius 3 is 3.15 bits per heavy atom. The van der Waals surface area contributed by atoms with E-state index in [0.29, 0.717) is 19.1 Å². The molecular formula is C17H24N2O. The molecule has 1 N–H and O–H groups in total. The van der Waals surface area contributed by atoms with Gasteiger partial charge in [0.25, 0.3) is 0 Å². The summed E-state index contributed by atoms with van der Waals surface area (Å²) in [7, 11) is 0. The van der Waals surface area contributed by atoms with E-state index in [0.717, 1.165) is 25.1 Å². The van der Waals surface area contributed by atoms with Crippen molar-refractivity contribution in [3.8, 4) is 11.8 Å². The molecule has 2 rings (SSSR count). The molecule has 1 aromatic rings. The van der Waals surface area contributed by atoms with Gasteiger partial charge in [-0.1, -0.05) is 13.0 Å². The predicted octanol–water partition coefficient (Wildman–Crippen LogP) is 3.75. The number of fused-ring (bicyclic) bond motifs is 1. The number of aryl methyl sites for hydroxylation is 1. The second kappa shape index (κ2) is 7.91. The minimum atomic E-state index is 0.473. The van der Waals surface area contributed by atoms with Crippen molar-refractivity contribution >= 4 is 0 Å². The molecule has 1 aromatic carbocycles. The van der Waals surface area contributed by atoms with Crippen LogP contribution in [0.4, 0.5) is 0 Å². The number of ether oxygens (including phenoxy) is 1. The van der Waals surface area contributed by atoms with E-state index in [9.17, 15) is 0 Å². The molecule has 0 saturated carbocycles. The molecule has 1 unspecified atom stereocenters. The maximum Gasteiger partial charge on any atom is 0.119 e. The summed E-state index contributed by atoms with van der Waals surface area (Å²) >= 11 is 0. The highest BCUT2D eigenvalue weighted by atomic mass is 16.5. The van der Waals surface area contributed by atoms with Gasteiger partial charge in [0.05, 0.1) is 12.7 Å². The Bertz CT molecular complexity index is 465. The number of nitrogens with one attached hydrogen (secondary N) is 1. The number of hydrogen-bond acceptors (Lipinski definition) is 3. The summed E-state index contributed by atoms with van der Waals surface area (Å²) in [5.74, 6) is 0.937. The average molecular weight is 272 g/mol. The van der Waals surface area contributed by atoms with E-state index >= 15 is 0 Å². The lowest BCUT2D eigenvalue weighted by Gasteiger charge is -2.27. The number of nitrogens with zero attached hydrogens (tertiary/aromatic N) is 1. The predicted molar refractivity (Wildman–Crippen MR) is 80.8 cm³/mol. The average Bonchev–Trinajstić information content (AvgIpc) is 2.49. The molecule has 1 atom stereocenters. The van der Waals surface area contributed by atoms with Gasteiger partial charge in [0.15, 0.2) is 0 Å². The Morgan fingerprint density at radius 1 is 1.45 bits per heavy atom. The first-order chi connectivity index (χ1) is 9.85. The Labute approximate surface area is 121 Å². The van der Waals surface area contributed by atoms with Gasteiger partial charge >= 0.3 is 0 Å². The van der Waals surface area contributed by atoms with E-state index in [1.807, 2.05) is 0 Å². The Hall–Kier alpha value is -1.53. The van der Waals surface area contributed by atoms with E-state index in [-0.39, 0.29) is 0 Å². The quantitative estimate of drug-likeness (QED) is 0.769. The minimum Gasteiger partial charge on any atom is -0.494 e. The Morgan fingerprint density at radius 2 is 2.35 bits per heavy atom. The normalized spacial score (nSPS) is 17.3. The standard InChI is InChI=1S/C17H24N2O/c1-2-11-19-17-7-5-6-14-8-9-15(13-16(14)17)20-12-4-3-10-18/h8-9,13,17,19H,2-7,11-12H2,1H3. The van der Waals surface area contributed by atoms with Gasteiger partial charge in [-0.2, -0.15) is 5.26 Å². The van der Waals surface area contributed by atoms with Crippen molar-refractivity contribution in [3.05, 3.63) is 29.3 Å². The van der Waals surface area contributed by atoms with Gasteiger partial charge in [0, 0.05) is 12.5 Å². The van der Waals surface area contributed by atoms with Crippen LogP contribution in [0.25, 0.3) is 0 Å². The van der Waals surface area contributed by atoms with E-state index in [1.165, 1.54) is 30.4 Å². The molecule has 1 aliphatic carbocycles. The van der Waals surface area contributed by atoms with Gasteiger partial charge in [-0.3, -0.25) is 0 Å². The summed E-state index contributed by atoms with van der Waals surface area (Å²) in [6.07, 6.45) is 6.17. The fourth-order valence-corrected chi connectivity index (χ4v) is 2.74. The van der Waals surface area contributed by atoms with E-state index in [2.05, 4.69) is 36.5 Å². The summed E-state index contributed by atoms with van der Waals surface area (Å²) in [5, 5.41) is 12.2. The van der Waals surface area contributed by atoms with Crippen molar-refractivity contribution in [2.45, 2.75) is 51.5 Å². The zero-order valence-corrected chi connectivity index (χ0v) is 12.3. The fraction of sp³-hybridized carbons (Fsp3) is 0.588. The summed E-state index contributed by atoms with van der Waals surface area (Å²) in [4.78, 5) is 0. The van der Waals surface area contributed by atoms with Crippen molar-refractivity contribution in [2.75, 3.05) is 13.2 Å². The van der Waals surface area contributed by atoms with E-state index in [4.69, 9.17) is 10.00 Å². The zero-order valence-electron chi connectivity index (χ0n) is 12.3. The van der Waals surface area contributed by atoms with Gasteiger partial charge < -0.3 is 10.1 Å². The molecule has 0 fully saturated rings. The zero-order chi connectivity index (χ0) is 14.2. The van der Waals surface area contributed by atoms with Crippen LogP contribution in [0, 0.1) is 11.3 Å². The van der Waals surface area contributed by atoms with Gasteiger partial charge in [-0.15, -0.1) is 0 Å². The molecule has 0 heterocycles. The molecule has 108 valence electrons. The largest absolute Gasteiger partial charge is 0.494 e. The van der Waals surface area contributed by atoms with Gasteiger partial charge in [-0.05, 0) is 61.9 Å². The summed E-state index contributed by atoms with van der Waals surface area (Å²) < 4.78 is 5.75. The minimum absolute atomic E-state index is 0.473. The maximum atomic E-state index is 8.52. The molecule has 3 nitrogen and oxygen atoms in total. The van der Waals surface area contributed by atoms with Crippen LogP contribution in [0.1, 0.15) is 56.2 Å². The fourth-order valence-electron chi connectivity index (χ4n) is 2.74. The molecule has 0 spiro atoms. The molecule has 0 radical (unpaired) electrons.